The molecule has 5 nitrogen and oxygen atoms in total. The first-order valence-corrected chi connectivity index (χ1v) is 7.55. The van der Waals surface area contributed by atoms with E-state index >= 15 is 0 Å². The van der Waals surface area contributed by atoms with Crippen LogP contribution in [0.5, 0.6) is 0 Å². The molecule has 0 N–H and O–H groups in total. The van der Waals surface area contributed by atoms with Crippen molar-refractivity contribution < 1.29 is 30.8 Å². The molecule has 1 aromatic carbocycles. The molecule has 1 aliphatic heterocycles. The highest BCUT2D eigenvalue weighted by Gasteiger charge is 2.41. The Bertz CT molecular complexity index is 683. The summed E-state index contributed by atoms with van der Waals surface area (Å²) >= 11 is 0. The van der Waals surface area contributed by atoms with Gasteiger partial charge in [-0.15, -0.1) is 0 Å². The van der Waals surface area contributed by atoms with E-state index in [9.17, 15) is 30.8 Å². The van der Waals surface area contributed by atoms with Gasteiger partial charge in [-0.05, 0) is 30.7 Å². The van der Waals surface area contributed by atoms with Gasteiger partial charge in [-0.3, -0.25) is 4.79 Å². The quantitative estimate of drug-likeness (QED) is 0.784. The summed E-state index contributed by atoms with van der Waals surface area (Å²) in [7, 11) is -4.24. The summed E-state index contributed by atoms with van der Waals surface area (Å²) in [6.45, 7) is -1.46. The molecule has 10 heteroatoms. The van der Waals surface area contributed by atoms with Gasteiger partial charge in [0.2, 0.25) is 15.9 Å². The van der Waals surface area contributed by atoms with Crippen LogP contribution in [0, 0.1) is 12.7 Å². The Morgan fingerprint density at radius 3 is 2.41 bits per heavy atom. The normalized spacial score (nSPS) is 17.3. The van der Waals surface area contributed by atoms with E-state index in [4.69, 9.17) is 0 Å². The number of hydrogen-bond acceptors (Lipinski definition) is 3. The van der Waals surface area contributed by atoms with Gasteiger partial charge in [0.25, 0.3) is 0 Å². The first-order valence-electron chi connectivity index (χ1n) is 6.11. The van der Waals surface area contributed by atoms with Crippen LogP contribution in [-0.2, 0) is 14.8 Å². The van der Waals surface area contributed by atoms with Gasteiger partial charge in [-0.2, -0.15) is 17.5 Å². The molecule has 1 aliphatic rings. The van der Waals surface area contributed by atoms with E-state index in [-0.39, 0.29) is 0 Å². The lowest BCUT2D eigenvalue weighted by Crippen LogP contribution is -2.37. The Hall–Kier alpha value is -1.68. The molecule has 0 radical (unpaired) electrons. The van der Waals surface area contributed by atoms with Gasteiger partial charge in [-0.25, -0.2) is 12.8 Å². The maximum atomic E-state index is 13.3. The zero-order valence-electron chi connectivity index (χ0n) is 11.4. The first-order chi connectivity index (χ1) is 9.99. The highest BCUT2D eigenvalue weighted by atomic mass is 32.2. The molecule has 22 heavy (non-hydrogen) atoms. The van der Waals surface area contributed by atoms with Crippen LogP contribution in [-0.4, -0.2) is 49.5 Å². The summed E-state index contributed by atoms with van der Waals surface area (Å²) in [4.78, 5) is 11.5. The van der Waals surface area contributed by atoms with E-state index in [2.05, 4.69) is 0 Å². The molecule has 2 rings (SSSR count). The Morgan fingerprint density at radius 2 is 1.86 bits per heavy atom. The van der Waals surface area contributed by atoms with Crippen LogP contribution in [0.15, 0.2) is 23.1 Å². The molecular weight excluding hydrogens is 328 g/mol. The van der Waals surface area contributed by atoms with Crippen molar-refractivity contribution in [2.45, 2.75) is 18.0 Å². The van der Waals surface area contributed by atoms with Crippen LogP contribution in [0.2, 0.25) is 0 Å². The molecule has 1 saturated heterocycles. The number of benzene rings is 1. The molecule has 0 bridgehead atoms. The monoisotopic (exact) mass is 340 g/mol. The predicted octanol–water partition coefficient (Wildman–Crippen LogP) is 1.49. The number of carbonyl (C=O) groups excluding carboxylic acids is 1. The summed E-state index contributed by atoms with van der Waals surface area (Å²) in [6.07, 6.45) is -4.62. The predicted molar refractivity (Wildman–Crippen MR) is 67.7 cm³/mol. The fourth-order valence-electron chi connectivity index (χ4n) is 2.09. The van der Waals surface area contributed by atoms with Crippen molar-refractivity contribution >= 4 is 15.9 Å². The van der Waals surface area contributed by atoms with Crippen LogP contribution < -0.4 is 0 Å². The number of carbonyl (C=O) groups is 1. The van der Waals surface area contributed by atoms with E-state index in [0.29, 0.717) is 14.8 Å². The second-order valence-corrected chi connectivity index (χ2v) is 6.87. The molecule has 0 saturated carbocycles. The lowest BCUT2D eigenvalue weighted by atomic mass is 10.2. The zero-order chi connectivity index (χ0) is 16.7. The van der Waals surface area contributed by atoms with Crippen molar-refractivity contribution in [1.82, 2.24) is 9.21 Å². The third-order valence-electron chi connectivity index (χ3n) is 3.02. The molecule has 0 spiro atoms. The lowest BCUT2D eigenvalue weighted by Gasteiger charge is -2.19. The fourth-order valence-corrected chi connectivity index (χ4v) is 3.55. The van der Waals surface area contributed by atoms with E-state index in [1.54, 1.807) is 0 Å². The minimum absolute atomic E-state index is 0.344. The molecule has 1 fully saturated rings. The van der Waals surface area contributed by atoms with Crippen LogP contribution in [0.3, 0.4) is 0 Å². The third-order valence-corrected chi connectivity index (χ3v) is 4.77. The average molecular weight is 340 g/mol. The number of aryl methyl sites for hydroxylation is 1. The van der Waals surface area contributed by atoms with Crippen molar-refractivity contribution in [1.29, 1.82) is 0 Å². The number of nitrogens with zero attached hydrogens (tertiary/aromatic N) is 2. The maximum absolute atomic E-state index is 13.3. The second kappa shape index (κ2) is 5.51. The molecule has 0 aromatic heterocycles. The molecular formula is C12H12F4N2O3S. The standard InChI is InChI=1S/C12H12F4N2O3S/c1-8-2-9(13)4-10(3-8)22(20,21)18-5-11(19)17(7-18)6-12(14,15)16/h2-4H,5-7H2,1H3. The molecule has 122 valence electrons. The van der Waals surface area contributed by atoms with Crippen LogP contribution in [0.4, 0.5) is 17.6 Å². The molecule has 0 atom stereocenters. The average Bonchev–Trinajstić information content (AvgIpc) is 2.68. The Labute approximate surface area is 124 Å². The van der Waals surface area contributed by atoms with Gasteiger partial charge in [0.15, 0.2) is 0 Å². The second-order valence-electron chi connectivity index (χ2n) is 4.93. The lowest BCUT2D eigenvalue weighted by molar-refractivity contribution is -0.157. The Balaban J connectivity index is 2.26. The van der Waals surface area contributed by atoms with Gasteiger partial charge >= 0.3 is 6.18 Å². The minimum Gasteiger partial charge on any atom is -0.318 e. The minimum atomic E-state index is -4.62. The summed E-state index contributed by atoms with van der Waals surface area (Å²) < 4.78 is 75.5. The van der Waals surface area contributed by atoms with Crippen LogP contribution >= 0.6 is 0 Å². The van der Waals surface area contributed by atoms with E-state index in [1.807, 2.05) is 0 Å². The number of halogens is 4. The van der Waals surface area contributed by atoms with Crippen molar-refractivity contribution in [3.05, 3.63) is 29.6 Å². The van der Waals surface area contributed by atoms with Crippen molar-refractivity contribution in [3.8, 4) is 0 Å². The van der Waals surface area contributed by atoms with Crippen molar-refractivity contribution in [2.24, 2.45) is 0 Å². The molecule has 0 unspecified atom stereocenters. The fraction of sp³-hybridized carbons (Fsp3) is 0.417. The van der Waals surface area contributed by atoms with Gasteiger partial charge < -0.3 is 4.90 Å². The van der Waals surface area contributed by atoms with Crippen LogP contribution in [0.1, 0.15) is 5.56 Å². The van der Waals surface area contributed by atoms with E-state index in [0.717, 1.165) is 12.1 Å². The number of alkyl halides is 3. The number of rotatable bonds is 3. The van der Waals surface area contributed by atoms with Gasteiger partial charge in [0.1, 0.15) is 12.4 Å². The first kappa shape index (κ1) is 16.7. The SMILES string of the molecule is Cc1cc(F)cc(S(=O)(=O)N2CC(=O)N(CC(F)(F)F)C2)c1. The molecule has 0 aliphatic carbocycles. The largest absolute Gasteiger partial charge is 0.406 e. The summed E-state index contributed by atoms with van der Waals surface area (Å²) in [6, 6.07) is 3.07. The molecule has 1 amide bonds. The molecule has 1 heterocycles. The number of amides is 1. The zero-order valence-corrected chi connectivity index (χ0v) is 12.2. The number of hydrogen-bond donors (Lipinski definition) is 0. The van der Waals surface area contributed by atoms with Gasteiger partial charge in [-0.1, -0.05) is 0 Å². The van der Waals surface area contributed by atoms with Crippen molar-refractivity contribution in [2.75, 3.05) is 19.8 Å². The van der Waals surface area contributed by atoms with Gasteiger partial charge in [0, 0.05) is 0 Å². The summed E-state index contributed by atoms with van der Waals surface area (Å²) in [5.41, 5.74) is 0.344. The molecule has 1 aromatic rings. The van der Waals surface area contributed by atoms with E-state index in [1.165, 1.54) is 13.0 Å². The Morgan fingerprint density at radius 1 is 1.23 bits per heavy atom. The van der Waals surface area contributed by atoms with Crippen LogP contribution in [0.25, 0.3) is 0 Å². The highest BCUT2D eigenvalue weighted by Crippen LogP contribution is 2.24. The van der Waals surface area contributed by atoms with E-state index < -0.39 is 52.6 Å². The third kappa shape index (κ3) is 3.55. The highest BCUT2D eigenvalue weighted by molar-refractivity contribution is 7.89. The van der Waals surface area contributed by atoms with Gasteiger partial charge in [0.05, 0.1) is 18.1 Å². The Kier molecular flexibility index (Phi) is 4.18. The topological polar surface area (TPSA) is 57.7 Å². The maximum Gasteiger partial charge on any atom is 0.406 e. The smallest absolute Gasteiger partial charge is 0.318 e. The summed E-state index contributed by atoms with van der Waals surface area (Å²) in [5, 5.41) is 0. The van der Waals surface area contributed by atoms with Crippen molar-refractivity contribution in [3.63, 3.8) is 0 Å². The summed E-state index contributed by atoms with van der Waals surface area (Å²) in [5.74, 6) is -1.73. The number of sulfonamides is 1.